The lowest BCUT2D eigenvalue weighted by atomic mass is 10.1. The number of rotatable bonds is 5. The molecule has 0 radical (unpaired) electrons. The number of nitrogens with one attached hydrogen (secondary N) is 1. The topological polar surface area (TPSA) is 15.3 Å². The first-order chi connectivity index (χ1) is 8.81. The van der Waals surface area contributed by atoms with Crippen molar-refractivity contribution in [2.75, 3.05) is 13.6 Å². The molecular weight excluding hydrogens is 239 g/mol. The first-order valence-electron chi connectivity index (χ1n) is 6.46. The average molecular weight is 262 g/mol. The Kier molecular flexibility index (Phi) is 5.53. The molecule has 0 aliphatic heterocycles. The molecule has 0 amide bonds. The Balaban J connectivity index is 2.74. The highest BCUT2D eigenvalue weighted by Crippen LogP contribution is 2.13. The van der Waals surface area contributed by atoms with Gasteiger partial charge >= 0.3 is 0 Å². The minimum atomic E-state index is -0.177. The fraction of sp³-hybridized carbons (Fsp3) is 0.500. The van der Waals surface area contributed by atoms with Gasteiger partial charge in [-0.25, -0.2) is 4.39 Å². The molecule has 104 valence electrons. The van der Waals surface area contributed by atoms with Gasteiger partial charge in [-0.05, 0) is 39.4 Å². The summed E-state index contributed by atoms with van der Waals surface area (Å²) in [5.41, 5.74) is 1.82. The van der Waals surface area contributed by atoms with Crippen LogP contribution in [0.4, 0.5) is 4.39 Å². The highest BCUT2D eigenvalue weighted by Gasteiger charge is 2.10. The molecule has 1 rings (SSSR count). The molecule has 0 spiro atoms. The Hall–Kier alpha value is -1.37. The zero-order valence-electron chi connectivity index (χ0n) is 12.3. The smallest absolute Gasteiger partial charge is 0.127 e. The Morgan fingerprint density at radius 1 is 1.37 bits per heavy atom. The number of hydrogen-bond donors (Lipinski definition) is 1. The minimum Gasteiger partial charge on any atom is -0.308 e. The fourth-order valence-electron chi connectivity index (χ4n) is 1.73. The van der Waals surface area contributed by atoms with Crippen molar-refractivity contribution in [1.82, 2.24) is 10.2 Å². The lowest BCUT2D eigenvalue weighted by Gasteiger charge is -2.21. The summed E-state index contributed by atoms with van der Waals surface area (Å²) in [5.74, 6) is 2.38. The maximum Gasteiger partial charge on any atom is 0.127 e. The number of halogens is 1. The van der Waals surface area contributed by atoms with Crippen LogP contribution in [0.2, 0.25) is 0 Å². The normalized spacial score (nSPS) is 11.6. The van der Waals surface area contributed by atoms with Gasteiger partial charge in [-0.3, -0.25) is 4.90 Å². The van der Waals surface area contributed by atoms with Gasteiger partial charge in [-0.15, -0.1) is 6.42 Å². The standard InChI is InChI=1S/C16H23FN2/c1-6-9-19(5)12-14-10-13(7-8-15(14)17)11-18-16(2,3)4/h1,7-8,10,18H,9,11-12H2,2-5H3. The molecule has 0 saturated heterocycles. The van der Waals surface area contributed by atoms with Gasteiger partial charge in [0.15, 0.2) is 0 Å². The van der Waals surface area contributed by atoms with Crippen molar-refractivity contribution in [1.29, 1.82) is 0 Å². The summed E-state index contributed by atoms with van der Waals surface area (Å²) in [4.78, 5) is 1.92. The van der Waals surface area contributed by atoms with Crippen LogP contribution >= 0.6 is 0 Å². The zero-order valence-corrected chi connectivity index (χ0v) is 12.3. The first kappa shape index (κ1) is 15.7. The van der Waals surface area contributed by atoms with E-state index in [1.165, 1.54) is 6.07 Å². The maximum atomic E-state index is 13.7. The summed E-state index contributed by atoms with van der Waals surface area (Å²) in [7, 11) is 1.89. The van der Waals surface area contributed by atoms with Crippen LogP contribution in [-0.2, 0) is 13.1 Å². The molecule has 0 aromatic heterocycles. The molecule has 19 heavy (non-hydrogen) atoms. The summed E-state index contributed by atoms with van der Waals surface area (Å²) >= 11 is 0. The van der Waals surface area contributed by atoms with Gasteiger partial charge < -0.3 is 5.32 Å². The van der Waals surface area contributed by atoms with E-state index in [2.05, 4.69) is 32.0 Å². The van der Waals surface area contributed by atoms with Crippen LogP contribution in [0.25, 0.3) is 0 Å². The number of hydrogen-bond acceptors (Lipinski definition) is 2. The molecule has 3 heteroatoms. The van der Waals surface area contributed by atoms with E-state index in [0.29, 0.717) is 18.7 Å². The summed E-state index contributed by atoms with van der Waals surface area (Å²) in [6, 6.07) is 5.25. The van der Waals surface area contributed by atoms with Crippen molar-refractivity contribution in [3.63, 3.8) is 0 Å². The zero-order chi connectivity index (χ0) is 14.5. The summed E-state index contributed by atoms with van der Waals surface area (Å²) < 4.78 is 13.7. The van der Waals surface area contributed by atoms with Gasteiger partial charge in [0.1, 0.15) is 5.82 Å². The fourth-order valence-corrected chi connectivity index (χ4v) is 1.73. The Labute approximate surface area is 116 Å². The van der Waals surface area contributed by atoms with Gasteiger partial charge in [0, 0.05) is 24.2 Å². The molecule has 0 aliphatic rings. The average Bonchev–Trinajstić information content (AvgIpc) is 2.29. The predicted octanol–water partition coefficient (Wildman–Crippen LogP) is 2.78. The molecule has 0 aliphatic carbocycles. The molecule has 2 nitrogen and oxygen atoms in total. The quantitative estimate of drug-likeness (QED) is 0.821. The molecule has 1 aromatic rings. The van der Waals surface area contributed by atoms with Crippen LogP contribution in [0.15, 0.2) is 18.2 Å². The SMILES string of the molecule is C#CCN(C)Cc1cc(CNC(C)(C)C)ccc1F. The number of benzene rings is 1. The Morgan fingerprint density at radius 3 is 2.63 bits per heavy atom. The molecule has 0 heterocycles. The van der Waals surface area contributed by atoms with Crippen molar-refractivity contribution in [3.05, 3.63) is 35.1 Å². The van der Waals surface area contributed by atoms with E-state index in [9.17, 15) is 4.39 Å². The molecular formula is C16H23FN2. The van der Waals surface area contributed by atoms with Crippen LogP contribution in [0.5, 0.6) is 0 Å². The second kappa shape index (κ2) is 6.70. The predicted molar refractivity (Wildman–Crippen MR) is 78.2 cm³/mol. The highest BCUT2D eigenvalue weighted by molar-refractivity contribution is 5.25. The van der Waals surface area contributed by atoms with Gasteiger partial charge in [0.05, 0.1) is 6.54 Å². The molecule has 1 aromatic carbocycles. The highest BCUT2D eigenvalue weighted by atomic mass is 19.1. The van der Waals surface area contributed by atoms with Gasteiger partial charge in [-0.1, -0.05) is 18.1 Å². The monoisotopic (exact) mass is 262 g/mol. The van der Waals surface area contributed by atoms with Crippen molar-refractivity contribution >= 4 is 0 Å². The van der Waals surface area contributed by atoms with E-state index in [-0.39, 0.29) is 11.4 Å². The van der Waals surface area contributed by atoms with E-state index >= 15 is 0 Å². The van der Waals surface area contributed by atoms with Crippen LogP contribution in [0.1, 0.15) is 31.9 Å². The summed E-state index contributed by atoms with van der Waals surface area (Å²) in [6.07, 6.45) is 5.25. The van der Waals surface area contributed by atoms with Crippen LogP contribution < -0.4 is 5.32 Å². The molecule has 0 atom stereocenters. The number of nitrogens with zero attached hydrogens (tertiary/aromatic N) is 1. The molecule has 1 N–H and O–H groups in total. The van der Waals surface area contributed by atoms with Crippen molar-refractivity contribution < 1.29 is 4.39 Å². The Bertz CT molecular complexity index is 455. The third kappa shape index (κ3) is 5.87. The third-order valence-corrected chi connectivity index (χ3v) is 2.73. The minimum absolute atomic E-state index is 0.0504. The largest absolute Gasteiger partial charge is 0.308 e. The van der Waals surface area contributed by atoms with E-state index in [1.807, 2.05) is 24.1 Å². The molecule has 0 fully saturated rings. The first-order valence-corrected chi connectivity index (χ1v) is 6.46. The Morgan fingerprint density at radius 2 is 2.05 bits per heavy atom. The van der Waals surface area contributed by atoms with E-state index < -0.39 is 0 Å². The van der Waals surface area contributed by atoms with Gasteiger partial charge in [0.25, 0.3) is 0 Å². The third-order valence-electron chi connectivity index (χ3n) is 2.73. The van der Waals surface area contributed by atoms with Gasteiger partial charge in [-0.2, -0.15) is 0 Å². The van der Waals surface area contributed by atoms with E-state index in [4.69, 9.17) is 6.42 Å². The van der Waals surface area contributed by atoms with E-state index in [0.717, 1.165) is 12.1 Å². The van der Waals surface area contributed by atoms with Crippen molar-refractivity contribution in [2.24, 2.45) is 0 Å². The molecule has 0 saturated carbocycles. The lowest BCUT2D eigenvalue weighted by molar-refractivity contribution is 0.361. The summed E-state index contributed by atoms with van der Waals surface area (Å²) in [6.45, 7) is 8.10. The lowest BCUT2D eigenvalue weighted by Crippen LogP contribution is -2.35. The van der Waals surface area contributed by atoms with Crippen LogP contribution in [0, 0.1) is 18.2 Å². The molecule has 0 unspecified atom stereocenters. The second-order valence-electron chi connectivity index (χ2n) is 5.91. The van der Waals surface area contributed by atoms with Crippen molar-refractivity contribution in [2.45, 2.75) is 39.4 Å². The maximum absolute atomic E-state index is 13.7. The van der Waals surface area contributed by atoms with Crippen molar-refractivity contribution in [3.8, 4) is 12.3 Å². The van der Waals surface area contributed by atoms with Gasteiger partial charge in [0.2, 0.25) is 0 Å². The summed E-state index contributed by atoms with van der Waals surface area (Å²) in [5, 5.41) is 3.39. The van der Waals surface area contributed by atoms with Crippen LogP contribution in [-0.4, -0.2) is 24.0 Å². The second-order valence-corrected chi connectivity index (χ2v) is 5.91. The number of terminal acetylenes is 1. The van der Waals surface area contributed by atoms with Crippen LogP contribution in [0.3, 0.4) is 0 Å². The van der Waals surface area contributed by atoms with E-state index in [1.54, 1.807) is 0 Å². The molecule has 0 bridgehead atoms.